The second-order valence-corrected chi connectivity index (χ2v) is 9.49. The quantitative estimate of drug-likeness (QED) is 0.671. The summed E-state index contributed by atoms with van der Waals surface area (Å²) >= 11 is 0. The summed E-state index contributed by atoms with van der Waals surface area (Å²) in [6.07, 6.45) is 5.28. The second kappa shape index (κ2) is 4.93. The summed E-state index contributed by atoms with van der Waals surface area (Å²) in [5.74, 6) is 0.231. The van der Waals surface area contributed by atoms with Gasteiger partial charge in [-0.05, 0) is 55.4 Å². The van der Waals surface area contributed by atoms with Crippen molar-refractivity contribution in [3.8, 4) is 17.2 Å². The average Bonchev–Trinajstić information content (AvgIpc) is 2.48. The zero-order valence-corrected chi connectivity index (χ0v) is 15.6. The van der Waals surface area contributed by atoms with Crippen molar-refractivity contribution in [3.63, 3.8) is 0 Å². The largest absolute Gasteiger partial charge is 0.504 e. The Labute approximate surface area is 149 Å². The fourth-order valence-corrected chi connectivity index (χ4v) is 6.43. The topological polar surface area (TPSA) is 66.8 Å². The summed E-state index contributed by atoms with van der Waals surface area (Å²) in [6.45, 7) is 8.99. The average molecular weight is 344 g/mol. The van der Waals surface area contributed by atoms with Crippen LogP contribution >= 0.6 is 0 Å². The van der Waals surface area contributed by atoms with E-state index < -0.39 is 5.60 Å². The third-order valence-corrected chi connectivity index (χ3v) is 7.42. The molecule has 25 heavy (non-hydrogen) atoms. The normalized spacial score (nSPS) is 39.0. The number of Topliss-reactive ketones (excluding diaryl/α,β-unsaturated/α-hetero) is 1. The van der Waals surface area contributed by atoms with Gasteiger partial charge in [-0.3, -0.25) is 4.79 Å². The van der Waals surface area contributed by atoms with Gasteiger partial charge in [-0.1, -0.05) is 27.2 Å². The Hall–Kier alpha value is -1.71. The number of hydrogen-bond acceptors (Lipinski definition) is 4. The number of carbonyl (C=O) groups excluding carboxylic acids is 1. The first kappa shape index (κ1) is 16.7. The number of phenolic OH excluding ortho intramolecular Hbond substituents is 2. The predicted molar refractivity (Wildman–Crippen MR) is 95.1 cm³/mol. The standard InChI is InChI=1S/C21H28O4/c1-19(2)7-5-8-20(3)16(19)6-9-21(4)18(20)17(24)12-10-13(22)14(23)11-15(12)25-21/h10-11,16,18,22-23H,5-9H2,1-4H3/t16-,18+,20-,21-/m0/s1. The molecule has 3 aliphatic rings. The maximum absolute atomic E-state index is 13.5. The molecule has 0 spiro atoms. The molecule has 0 aromatic heterocycles. The maximum atomic E-state index is 13.5. The van der Waals surface area contributed by atoms with Gasteiger partial charge < -0.3 is 14.9 Å². The molecule has 4 nitrogen and oxygen atoms in total. The number of rotatable bonds is 0. The monoisotopic (exact) mass is 344 g/mol. The van der Waals surface area contributed by atoms with E-state index in [9.17, 15) is 15.0 Å². The first-order chi connectivity index (χ1) is 11.6. The van der Waals surface area contributed by atoms with Crippen molar-refractivity contribution < 1.29 is 19.7 Å². The van der Waals surface area contributed by atoms with Crippen LogP contribution in [0.1, 0.15) is 70.2 Å². The van der Waals surface area contributed by atoms with Crippen LogP contribution in [0.2, 0.25) is 0 Å². The lowest BCUT2D eigenvalue weighted by molar-refractivity contribution is -0.143. The van der Waals surface area contributed by atoms with E-state index in [4.69, 9.17) is 4.74 Å². The van der Waals surface area contributed by atoms with E-state index in [1.807, 2.05) is 6.92 Å². The highest BCUT2D eigenvalue weighted by atomic mass is 16.5. The molecule has 0 amide bonds. The molecule has 4 heteroatoms. The molecular formula is C21H28O4. The van der Waals surface area contributed by atoms with Gasteiger partial charge in [-0.25, -0.2) is 0 Å². The zero-order valence-electron chi connectivity index (χ0n) is 15.6. The maximum Gasteiger partial charge on any atom is 0.174 e. The molecule has 4 atom stereocenters. The molecule has 136 valence electrons. The summed E-state index contributed by atoms with van der Waals surface area (Å²) in [7, 11) is 0. The molecule has 0 bridgehead atoms. The van der Waals surface area contributed by atoms with E-state index in [0.717, 1.165) is 25.7 Å². The molecular weight excluding hydrogens is 316 g/mol. The minimum atomic E-state index is -0.549. The van der Waals surface area contributed by atoms with Crippen molar-refractivity contribution in [2.24, 2.45) is 22.7 Å². The van der Waals surface area contributed by atoms with Gasteiger partial charge >= 0.3 is 0 Å². The van der Waals surface area contributed by atoms with Crippen molar-refractivity contribution in [3.05, 3.63) is 17.7 Å². The van der Waals surface area contributed by atoms with Gasteiger partial charge in [0.05, 0.1) is 11.5 Å². The van der Waals surface area contributed by atoms with Gasteiger partial charge in [0.2, 0.25) is 0 Å². The molecule has 2 fully saturated rings. The molecule has 1 aromatic carbocycles. The minimum Gasteiger partial charge on any atom is -0.504 e. The molecule has 2 saturated carbocycles. The number of fused-ring (bicyclic) bond motifs is 4. The lowest BCUT2D eigenvalue weighted by Gasteiger charge is -2.62. The molecule has 0 saturated heterocycles. The lowest BCUT2D eigenvalue weighted by atomic mass is 9.44. The second-order valence-electron chi connectivity index (χ2n) is 9.49. The van der Waals surface area contributed by atoms with Crippen LogP contribution in [0, 0.1) is 22.7 Å². The van der Waals surface area contributed by atoms with Gasteiger partial charge in [0.15, 0.2) is 17.3 Å². The van der Waals surface area contributed by atoms with Crippen molar-refractivity contribution in [2.75, 3.05) is 0 Å². The van der Waals surface area contributed by atoms with Crippen LogP contribution in [0.25, 0.3) is 0 Å². The SMILES string of the molecule is CC1(C)CCC[C@]2(C)[C@H]3C(=O)c4cc(O)c(O)cc4O[C@@]3(C)CC[C@@H]12. The molecule has 1 heterocycles. The Morgan fingerprint density at radius 3 is 2.44 bits per heavy atom. The lowest BCUT2D eigenvalue weighted by Crippen LogP contribution is -2.63. The third-order valence-electron chi connectivity index (χ3n) is 7.42. The highest BCUT2D eigenvalue weighted by molar-refractivity contribution is 6.03. The number of ether oxygens (including phenoxy) is 1. The van der Waals surface area contributed by atoms with Gasteiger partial charge in [-0.15, -0.1) is 0 Å². The van der Waals surface area contributed by atoms with Crippen molar-refractivity contribution >= 4 is 5.78 Å². The number of hydrogen-bond donors (Lipinski definition) is 2. The van der Waals surface area contributed by atoms with Crippen LogP contribution in [0.4, 0.5) is 0 Å². The summed E-state index contributed by atoms with van der Waals surface area (Å²) in [4.78, 5) is 13.5. The Bertz CT molecular complexity index is 753. The van der Waals surface area contributed by atoms with Crippen LogP contribution in [0.15, 0.2) is 12.1 Å². The van der Waals surface area contributed by atoms with Crippen LogP contribution < -0.4 is 4.74 Å². The highest BCUT2D eigenvalue weighted by Gasteiger charge is 2.63. The molecule has 0 radical (unpaired) electrons. The first-order valence-electron chi connectivity index (χ1n) is 9.38. The van der Waals surface area contributed by atoms with Crippen LogP contribution in [-0.4, -0.2) is 21.6 Å². The number of aromatic hydroxyl groups is 2. The predicted octanol–water partition coefficient (Wildman–Crippen LogP) is 4.67. The van der Waals surface area contributed by atoms with Crippen LogP contribution in [0.3, 0.4) is 0 Å². The van der Waals surface area contributed by atoms with Crippen LogP contribution in [0.5, 0.6) is 17.2 Å². The zero-order chi connectivity index (χ0) is 18.2. The Balaban J connectivity index is 1.86. The number of benzene rings is 1. The molecule has 4 rings (SSSR count). The van der Waals surface area contributed by atoms with Crippen molar-refractivity contribution in [1.82, 2.24) is 0 Å². The number of phenols is 2. The third kappa shape index (κ3) is 2.15. The Kier molecular flexibility index (Phi) is 3.30. The van der Waals surface area contributed by atoms with E-state index in [0.29, 0.717) is 17.2 Å². The summed E-state index contributed by atoms with van der Waals surface area (Å²) < 4.78 is 6.32. The molecule has 0 unspecified atom stereocenters. The van der Waals surface area contributed by atoms with Crippen molar-refractivity contribution in [1.29, 1.82) is 0 Å². The summed E-state index contributed by atoms with van der Waals surface area (Å²) in [6, 6.07) is 2.75. The fraction of sp³-hybridized carbons (Fsp3) is 0.667. The number of ketones is 1. The van der Waals surface area contributed by atoms with Gasteiger partial charge in [0.25, 0.3) is 0 Å². The fourth-order valence-electron chi connectivity index (χ4n) is 6.43. The highest BCUT2D eigenvalue weighted by Crippen LogP contribution is 2.64. The Morgan fingerprint density at radius 2 is 1.72 bits per heavy atom. The summed E-state index contributed by atoms with van der Waals surface area (Å²) in [5, 5.41) is 19.7. The molecule has 1 aromatic rings. The van der Waals surface area contributed by atoms with Crippen LogP contribution in [-0.2, 0) is 0 Å². The van der Waals surface area contributed by atoms with E-state index in [1.54, 1.807) is 0 Å². The first-order valence-corrected chi connectivity index (χ1v) is 9.38. The number of carbonyl (C=O) groups is 1. The summed E-state index contributed by atoms with van der Waals surface area (Å²) in [5.41, 5.74) is -0.0159. The van der Waals surface area contributed by atoms with E-state index in [1.165, 1.54) is 18.6 Å². The molecule has 2 N–H and O–H groups in total. The molecule has 2 aliphatic carbocycles. The molecule has 1 aliphatic heterocycles. The van der Waals surface area contributed by atoms with Crippen molar-refractivity contribution in [2.45, 2.75) is 65.4 Å². The van der Waals surface area contributed by atoms with Gasteiger partial charge in [-0.2, -0.15) is 0 Å². The van der Waals surface area contributed by atoms with E-state index >= 15 is 0 Å². The van der Waals surface area contributed by atoms with Gasteiger partial charge in [0.1, 0.15) is 11.4 Å². The van der Waals surface area contributed by atoms with E-state index in [-0.39, 0.29) is 34.0 Å². The van der Waals surface area contributed by atoms with Gasteiger partial charge in [0, 0.05) is 6.07 Å². The smallest absolute Gasteiger partial charge is 0.174 e. The van der Waals surface area contributed by atoms with E-state index in [2.05, 4.69) is 20.8 Å². The minimum absolute atomic E-state index is 0.0592. The Morgan fingerprint density at radius 1 is 1.04 bits per heavy atom.